The van der Waals surface area contributed by atoms with E-state index in [1.54, 1.807) is 25.1 Å². The Bertz CT molecular complexity index is 857. The molecular formula is C16H20N6O3S. The maximum Gasteiger partial charge on any atom is 0.239 e. The van der Waals surface area contributed by atoms with E-state index in [0.717, 1.165) is 12.8 Å². The molecule has 9 nitrogen and oxygen atoms in total. The second kappa shape index (κ2) is 8.09. The number of nitrogens with zero attached hydrogens (tertiary/aromatic N) is 4. The van der Waals surface area contributed by atoms with E-state index in [0.29, 0.717) is 34.7 Å². The smallest absolute Gasteiger partial charge is 0.239 e. The summed E-state index contributed by atoms with van der Waals surface area (Å²) in [7, 11) is 0. The highest BCUT2D eigenvalue weighted by molar-refractivity contribution is 8.00. The van der Waals surface area contributed by atoms with Crippen LogP contribution in [0.1, 0.15) is 31.9 Å². The van der Waals surface area contributed by atoms with Crippen LogP contribution in [0.15, 0.2) is 38.6 Å². The van der Waals surface area contributed by atoms with Gasteiger partial charge in [-0.3, -0.25) is 4.79 Å². The number of nitrogens with one attached hydrogen (secondary N) is 1. The third-order valence-electron chi connectivity index (χ3n) is 3.65. The first-order chi connectivity index (χ1) is 12.6. The summed E-state index contributed by atoms with van der Waals surface area (Å²) >= 11 is 1.26. The first-order valence-corrected chi connectivity index (χ1v) is 9.11. The quantitative estimate of drug-likeness (QED) is 0.454. The molecule has 0 spiro atoms. The second-order valence-electron chi connectivity index (χ2n) is 5.71. The number of amides is 1. The number of carbonyl (C=O) groups is 1. The molecule has 3 N–H and O–H groups in total. The molecule has 0 aliphatic rings. The Labute approximate surface area is 154 Å². The van der Waals surface area contributed by atoms with Crippen molar-refractivity contribution in [3.05, 3.63) is 30.2 Å². The van der Waals surface area contributed by atoms with Gasteiger partial charge in [-0.2, -0.15) is 0 Å². The minimum absolute atomic E-state index is 0.181. The van der Waals surface area contributed by atoms with Gasteiger partial charge in [0.1, 0.15) is 5.76 Å². The van der Waals surface area contributed by atoms with Crippen molar-refractivity contribution in [2.75, 3.05) is 11.2 Å². The van der Waals surface area contributed by atoms with Crippen molar-refractivity contribution in [1.29, 1.82) is 0 Å². The fraction of sp³-hybridized carbons (Fsp3) is 0.375. The first kappa shape index (κ1) is 18.1. The van der Waals surface area contributed by atoms with Crippen LogP contribution in [0.3, 0.4) is 0 Å². The van der Waals surface area contributed by atoms with Gasteiger partial charge in [0, 0.05) is 6.07 Å². The topological polar surface area (TPSA) is 125 Å². The molecule has 0 radical (unpaired) electrons. The van der Waals surface area contributed by atoms with Crippen LogP contribution in [0.25, 0.3) is 11.6 Å². The van der Waals surface area contributed by atoms with Gasteiger partial charge in [-0.15, -0.1) is 10.2 Å². The van der Waals surface area contributed by atoms with Crippen molar-refractivity contribution >= 4 is 23.5 Å². The van der Waals surface area contributed by atoms with Gasteiger partial charge < -0.3 is 20.1 Å². The summed E-state index contributed by atoms with van der Waals surface area (Å²) in [4.78, 5) is 12.6. The Morgan fingerprint density at radius 3 is 2.96 bits per heavy atom. The van der Waals surface area contributed by atoms with Crippen LogP contribution in [0.4, 0.5) is 5.82 Å². The van der Waals surface area contributed by atoms with Gasteiger partial charge in [0.15, 0.2) is 11.6 Å². The molecule has 1 unspecified atom stereocenters. The summed E-state index contributed by atoms with van der Waals surface area (Å²) in [6.07, 6.45) is 4.08. The van der Waals surface area contributed by atoms with Crippen LogP contribution >= 0.6 is 11.8 Å². The second-order valence-corrected chi connectivity index (χ2v) is 6.88. The maximum atomic E-state index is 12.6. The number of carbonyl (C=O) groups excluding carboxylic acids is 1. The predicted octanol–water partition coefficient (Wildman–Crippen LogP) is 2.84. The fourth-order valence-corrected chi connectivity index (χ4v) is 3.32. The van der Waals surface area contributed by atoms with Crippen molar-refractivity contribution in [3.8, 4) is 11.6 Å². The van der Waals surface area contributed by atoms with Gasteiger partial charge in [0.05, 0.1) is 11.5 Å². The SMILES string of the molecule is CCCCC(Sc1nnc(-c2ccco2)n1N)C(=O)Nc1cc(C)on1. The minimum Gasteiger partial charge on any atom is -0.461 e. The van der Waals surface area contributed by atoms with Gasteiger partial charge in [0.25, 0.3) is 0 Å². The number of unbranched alkanes of at least 4 members (excludes halogenated alkanes) is 1. The van der Waals surface area contributed by atoms with Crippen LogP contribution in [0, 0.1) is 6.92 Å². The van der Waals surface area contributed by atoms with E-state index in [1.165, 1.54) is 22.7 Å². The largest absolute Gasteiger partial charge is 0.461 e. The van der Waals surface area contributed by atoms with E-state index in [9.17, 15) is 4.79 Å². The summed E-state index contributed by atoms with van der Waals surface area (Å²) in [5.74, 6) is 7.83. The summed E-state index contributed by atoms with van der Waals surface area (Å²) in [6, 6.07) is 5.16. The summed E-state index contributed by atoms with van der Waals surface area (Å²) in [6.45, 7) is 3.83. The highest BCUT2D eigenvalue weighted by Gasteiger charge is 2.24. The number of rotatable bonds is 8. The molecule has 0 fully saturated rings. The monoisotopic (exact) mass is 376 g/mol. The van der Waals surface area contributed by atoms with Crippen LogP contribution in [-0.2, 0) is 4.79 Å². The molecule has 3 heterocycles. The van der Waals surface area contributed by atoms with Gasteiger partial charge in [-0.05, 0) is 25.5 Å². The maximum absolute atomic E-state index is 12.6. The summed E-state index contributed by atoms with van der Waals surface area (Å²) in [5, 5.41) is 14.7. The van der Waals surface area contributed by atoms with Gasteiger partial charge in [-0.1, -0.05) is 36.7 Å². The highest BCUT2D eigenvalue weighted by atomic mass is 32.2. The number of thioether (sulfide) groups is 1. The molecule has 3 rings (SSSR count). The molecule has 0 aromatic carbocycles. The normalized spacial score (nSPS) is 12.2. The molecular weight excluding hydrogens is 356 g/mol. The van der Waals surface area contributed by atoms with Crippen molar-refractivity contribution in [2.24, 2.45) is 0 Å². The molecule has 0 saturated carbocycles. The lowest BCUT2D eigenvalue weighted by Crippen LogP contribution is -2.26. The Kier molecular flexibility index (Phi) is 5.61. The zero-order valence-electron chi connectivity index (χ0n) is 14.5. The van der Waals surface area contributed by atoms with Crippen LogP contribution in [0.5, 0.6) is 0 Å². The number of nitrogens with two attached hydrogens (primary N) is 1. The predicted molar refractivity (Wildman–Crippen MR) is 96.9 cm³/mol. The highest BCUT2D eigenvalue weighted by Crippen LogP contribution is 2.28. The van der Waals surface area contributed by atoms with E-state index >= 15 is 0 Å². The Morgan fingerprint density at radius 2 is 2.31 bits per heavy atom. The third-order valence-corrected chi connectivity index (χ3v) is 4.87. The van der Waals surface area contributed by atoms with E-state index in [2.05, 4.69) is 27.6 Å². The van der Waals surface area contributed by atoms with Crippen molar-refractivity contribution in [1.82, 2.24) is 20.0 Å². The lowest BCUT2D eigenvalue weighted by molar-refractivity contribution is -0.115. The molecule has 0 aliphatic carbocycles. The molecule has 26 heavy (non-hydrogen) atoms. The van der Waals surface area contributed by atoms with Crippen molar-refractivity contribution < 1.29 is 13.7 Å². The number of aryl methyl sites for hydroxylation is 1. The number of furan rings is 1. The molecule has 1 atom stereocenters. The summed E-state index contributed by atoms with van der Waals surface area (Å²) in [5.41, 5.74) is 0. The molecule has 0 bridgehead atoms. The van der Waals surface area contributed by atoms with Gasteiger partial charge in [0.2, 0.25) is 16.9 Å². The molecule has 0 aliphatic heterocycles. The Balaban J connectivity index is 1.75. The van der Waals surface area contributed by atoms with Gasteiger partial charge >= 0.3 is 0 Å². The van der Waals surface area contributed by atoms with Crippen molar-refractivity contribution in [3.63, 3.8) is 0 Å². The van der Waals surface area contributed by atoms with E-state index in [-0.39, 0.29) is 11.2 Å². The number of aromatic nitrogens is 4. The molecule has 3 aromatic rings. The lowest BCUT2D eigenvalue weighted by Gasteiger charge is -2.14. The third kappa shape index (κ3) is 4.07. The van der Waals surface area contributed by atoms with Crippen molar-refractivity contribution in [2.45, 2.75) is 43.5 Å². The number of anilines is 1. The van der Waals surface area contributed by atoms with Gasteiger partial charge in [-0.25, -0.2) is 4.68 Å². The molecule has 10 heteroatoms. The average Bonchev–Trinajstić information content (AvgIpc) is 3.34. The lowest BCUT2D eigenvalue weighted by atomic mass is 10.2. The standard InChI is InChI=1S/C16H20N6O3S/c1-3-4-7-12(15(23)18-13-9-10(2)25-21-13)26-16-20-19-14(22(16)17)11-6-5-8-24-11/h5-6,8-9,12H,3-4,7,17H2,1-2H3,(H,18,21,23). The van der Waals surface area contributed by atoms with E-state index in [1.807, 2.05) is 0 Å². The first-order valence-electron chi connectivity index (χ1n) is 8.23. The fourth-order valence-electron chi connectivity index (χ4n) is 2.32. The number of hydrogen-bond donors (Lipinski definition) is 2. The number of nitrogen functional groups attached to an aromatic ring is 1. The van der Waals surface area contributed by atoms with E-state index < -0.39 is 0 Å². The average molecular weight is 376 g/mol. The molecule has 3 aromatic heterocycles. The molecule has 1 amide bonds. The Hall–Kier alpha value is -2.75. The van der Waals surface area contributed by atoms with E-state index in [4.69, 9.17) is 14.8 Å². The number of hydrogen-bond acceptors (Lipinski definition) is 8. The minimum atomic E-state index is -0.386. The van der Waals surface area contributed by atoms with Crippen LogP contribution in [-0.4, -0.2) is 31.2 Å². The van der Waals surface area contributed by atoms with Crippen LogP contribution in [0.2, 0.25) is 0 Å². The summed E-state index contributed by atoms with van der Waals surface area (Å²) < 4.78 is 11.6. The zero-order valence-corrected chi connectivity index (χ0v) is 15.3. The Morgan fingerprint density at radius 1 is 1.46 bits per heavy atom. The molecule has 138 valence electrons. The zero-order chi connectivity index (χ0) is 18.5. The molecule has 0 saturated heterocycles. The van der Waals surface area contributed by atoms with Crippen LogP contribution < -0.4 is 11.2 Å².